The maximum Gasteiger partial charge on any atom is 0.233 e. The van der Waals surface area contributed by atoms with Crippen LogP contribution in [0.4, 0.5) is 15.9 Å². The fraction of sp³-hybridized carbons (Fsp3) is 0.267. The first-order valence-electron chi connectivity index (χ1n) is 6.74. The molecule has 0 spiro atoms. The van der Waals surface area contributed by atoms with Crippen molar-refractivity contribution in [2.45, 2.75) is 6.42 Å². The summed E-state index contributed by atoms with van der Waals surface area (Å²) in [5, 5.41) is 0. The quantitative estimate of drug-likeness (QED) is 0.886. The minimum atomic E-state index is -3.51. The van der Waals surface area contributed by atoms with Crippen LogP contribution < -0.4 is 9.62 Å². The van der Waals surface area contributed by atoms with Crippen molar-refractivity contribution in [3.05, 3.63) is 54.0 Å². The van der Waals surface area contributed by atoms with E-state index in [-0.39, 0.29) is 18.0 Å². The number of anilines is 2. The van der Waals surface area contributed by atoms with Crippen molar-refractivity contribution in [2.24, 2.45) is 0 Å². The molecule has 1 heterocycles. The molecule has 0 radical (unpaired) electrons. The van der Waals surface area contributed by atoms with E-state index in [9.17, 15) is 12.8 Å². The predicted molar refractivity (Wildman–Crippen MR) is 86.1 cm³/mol. The number of sulfonamides is 1. The van der Waals surface area contributed by atoms with Crippen LogP contribution in [0, 0.1) is 5.82 Å². The van der Waals surface area contributed by atoms with Gasteiger partial charge in [-0.1, -0.05) is 12.1 Å². The van der Waals surface area contributed by atoms with Crippen LogP contribution in [0.1, 0.15) is 5.56 Å². The third-order valence-corrected chi connectivity index (χ3v) is 4.31. The summed E-state index contributed by atoms with van der Waals surface area (Å²) < 4.78 is 39.8. The van der Waals surface area contributed by atoms with Gasteiger partial charge in [-0.15, -0.1) is 0 Å². The Morgan fingerprint density at radius 1 is 1.23 bits per heavy atom. The lowest BCUT2D eigenvalue weighted by molar-refractivity contribution is 0.599. The molecule has 0 bridgehead atoms. The van der Waals surface area contributed by atoms with Crippen LogP contribution in [-0.4, -0.2) is 33.2 Å². The number of rotatable bonds is 6. The van der Waals surface area contributed by atoms with Gasteiger partial charge in [-0.05, 0) is 30.2 Å². The highest BCUT2D eigenvalue weighted by Crippen LogP contribution is 2.16. The molecule has 0 atom stereocenters. The smallest absolute Gasteiger partial charge is 0.233 e. The third kappa shape index (κ3) is 4.70. The molecular formula is C15H18FN3O2S. The van der Waals surface area contributed by atoms with Crippen molar-refractivity contribution in [3.63, 3.8) is 0 Å². The van der Waals surface area contributed by atoms with E-state index in [0.717, 1.165) is 0 Å². The van der Waals surface area contributed by atoms with Gasteiger partial charge in [-0.25, -0.2) is 17.8 Å². The summed E-state index contributed by atoms with van der Waals surface area (Å²) in [7, 11) is 0.141. The summed E-state index contributed by atoms with van der Waals surface area (Å²) in [4.78, 5) is 5.90. The van der Waals surface area contributed by atoms with Gasteiger partial charge in [0.1, 0.15) is 11.6 Å². The van der Waals surface area contributed by atoms with E-state index in [4.69, 9.17) is 0 Å². The van der Waals surface area contributed by atoms with Gasteiger partial charge < -0.3 is 4.90 Å². The Hall–Kier alpha value is -2.15. The molecule has 1 aromatic carbocycles. The van der Waals surface area contributed by atoms with Crippen LogP contribution in [0.3, 0.4) is 0 Å². The zero-order chi connectivity index (χ0) is 16.2. The molecule has 0 saturated carbocycles. The maximum atomic E-state index is 13.1. The number of nitrogens with one attached hydrogen (secondary N) is 1. The van der Waals surface area contributed by atoms with Crippen LogP contribution in [-0.2, 0) is 16.4 Å². The standard InChI is InChI=1S/C15H18FN3O2S/c1-19(2)15-11-14(6-8-17-15)18-22(20,21)9-7-12-4-3-5-13(16)10-12/h3-6,8,10-11H,7,9H2,1-2H3,(H,17,18). The number of hydrogen-bond acceptors (Lipinski definition) is 4. The highest BCUT2D eigenvalue weighted by atomic mass is 32.2. The van der Waals surface area contributed by atoms with Gasteiger partial charge in [0.25, 0.3) is 0 Å². The van der Waals surface area contributed by atoms with E-state index in [1.807, 2.05) is 14.1 Å². The molecule has 2 aromatic rings. The van der Waals surface area contributed by atoms with Crippen molar-refractivity contribution < 1.29 is 12.8 Å². The summed E-state index contributed by atoms with van der Waals surface area (Å²) in [5.41, 5.74) is 1.10. The molecule has 0 fully saturated rings. The van der Waals surface area contributed by atoms with Crippen LogP contribution >= 0.6 is 0 Å². The highest BCUT2D eigenvalue weighted by molar-refractivity contribution is 7.92. The molecule has 1 aromatic heterocycles. The Kier molecular flexibility index (Phi) is 4.97. The average molecular weight is 323 g/mol. The largest absolute Gasteiger partial charge is 0.363 e. The minimum Gasteiger partial charge on any atom is -0.363 e. The van der Waals surface area contributed by atoms with E-state index in [1.54, 1.807) is 35.4 Å². The fourth-order valence-electron chi connectivity index (χ4n) is 1.90. The summed E-state index contributed by atoms with van der Waals surface area (Å²) in [5.74, 6) is 0.175. The Bertz CT molecular complexity index is 748. The highest BCUT2D eigenvalue weighted by Gasteiger charge is 2.12. The molecule has 0 aliphatic heterocycles. The van der Waals surface area contributed by atoms with Gasteiger partial charge in [0.15, 0.2) is 0 Å². The second-order valence-corrected chi connectivity index (χ2v) is 6.94. The molecule has 0 aliphatic carbocycles. The Labute approximate surface area is 129 Å². The van der Waals surface area contributed by atoms with E-state index >= 15 is 0 Å². The molecule has 22 heavy (non-hydrogen) atoms. The number of hydrogen-bond donors (Lipinski definition) is 1. The molecular weight excluding hydrogens is 305 g/mol. The van der Waals surface area contributed by atoms with Gasteiger partial charge in [0, 0.05) is 26.4 Å². The third-order valence-electron chi connectivity index (χ3n) is 3.03. The molecule has 1 N–H and O–H groups in total. The van der Waals surface area contributed by atoms with Crippen molar-refractivity contribution in [1.29, 1.82) is 0 Å². The minimum absolute atomic E-state index is 0.115. The van der Waals surface area contributed by atoms with Crippen LogP contribution in [0.2, 0.25) is 0 Å². The summed E-state index contributed by atoms with van der Waals surface area (Å²) >= 11 is 0. The van der Waals surface area contributed by atoms with E-state index < -0.39 is 10.0 Å². The van der Waals surface area contributed by atoms with Crippen LogP contribution in [0.25, 0.3) is 0 Å². The first kappa shape index (κ1) is 16.2. The van der Waals surface area contributed by atoms with Gasteiger partial charge in [0.2, 0.25) is 10.0 Å². The normalized spacial score (nSPS) is 11.2. The summed E-state index contributed by atoms with van der Waals surface area (Å²) in [6, 6.07) is 9.18. The Morgan fingerprint density at radius 2 is 2.00 bits per heavy atom. The second kappa shape index (κ2) is 6.74. The summed E-state index contributed by atoms with van der Waals surface area (Å²) in [6.07, 6.45) is 1.79. The predicted octanol–water partition coefficient (Wildman–Crippen LogP) is 2.27. The molecule has 0 aliphatic rings. The number of halogens is 1. The first-order chi connectivity index (χ1) is 10.4. The van der Waals surface area contributed by atoms with Crippen molar-refractivity contribution in [3.8, 4) is 0 Å². The van der Waals surface area contributed by atoms with Gasteiger partial charge in [-0.3, -0.25) is 4.72 Å². The number of nitrogens with zero attached hydrogens (tertiary/aromatic N) is 2. The second-order valence-electron chi connectivity index (χ2n) is 5.10. The molecule has 7 heteroatoms. The zero-order valence-corrected chi connectivity index (χ0v) is 13.3. The van der Waals surface area contributed by atoms with Gasteiger partial charge >= 0.3 is 0 Å². The van der Waals surface area contributed by atoms with Gasteiger partial charge in [-0.2, -0.15) is 0 Å². The zero-order valence-electron chi connectivity index (χ0n) is 12.5. The van der Waals surface area contributed by atoms with Crippen molar-refractivity contribution >= 4 is 21.5 Å². The van der Waals surface area contributed by atoms with E-state index in [2.05, 4.69) is 9.71 Å². The lowest BCUT2D eigenvalue weighted by Gasteiger charge is -2.13. The Balaban J connectivity index is 2.03. The monoisotopic (exact) mass is 323 g/mol. The van der Waals surface area contributed by atoms with E-state index in [0.29, 0.717) is 17.1 Å². The Morgan fingerprint density at radius 3 is 2.68 bits per heavy atom. The number of benzene rings is 1. The molecule has 0 saturated heterocycles. The summed E-state index contributed by atoms with van der Waals surface area (Å²) in [6.45, 7) is 0. The van der Waals surface area contributed by atoms with Crippen molar-refractivity contribution in [2.75, 3.05) is 29.5 Å². The maximum absolute atomic E-state index is 13.1. The van der Waals surface area contributed by atoms with E-state index in [1.165, 1.54) is 12.1 Å². The van der Waals surface area contributed by atoms with Crippen molar-refractivity contribution in [1.82, 2.24) is 4.98 Å². The molecule has 5 nitrogen and oxygen atoms in total. The van der Waals surface area contributed by atoms with Crippen LogP contribution in [0.5, 0.6) is 0 Å². The molecule has 0 unspecified atom stereocenters. The molecule has 2 rings (SSSR count). The lowest BCUT2D eigenvalue weighted by Crippen LogP contribution is -2.19. The average Bonchev–Trinajstić information content (AvgIpc) is 2.45. The van der Waals surface area contributed by atoms with Crippen LogP contribution in [0.15, 0.2) is 42.6 Å². The van der Waals surface area contributed by atoms with Gasteiger partial charge in [0.05, 0.1) is 11.4 Å². The lowest BCUT2D eigenvalue weighted by atomic mass is 10.2. The number of aryl methyl sites for hydroxylation is 1. The SMILES string of the molecule is CN(C)c1cc(NS(=O)(=O)CCc2cccc(F)c2)ccn1. The fourth-order valence-corrected chi connectivity index (χ4v) is 2.99. The topological polar surface area (TPSA) is 62.3 Å². The molecule has 118 valence electrons. The molecule has 0 amide bonds. The number of aromatic nitrogens is 1. The first-order valence-corrected chi connectivity index (χ1v) is 8.39. The number of pyridine rings is 1.